The van der Waals surface area contributed by atoms with E-state index in [1.165, 1.54) is 5.56 Å². The molecule has 0 radical (unpaired) electrons. The van der Waals surface area contributed by atoms with Crippen molar-refractivity contribution in [3.8, 4) is 0 Å². The number of benzene rings is 1. The number of carbonyl (C=O) groups is 2. The number of hydrogen-bond acceptors (Lipinski definition) is 3. The van der Waals surface area contributed by atoms with Gasteiger partial charge in [-0.15, -0.1) is 0 Å². The highest BCUT2D eigenvalue weighted by Crippen LogP contribution is 2.28. The molecule has 1 aromatic carbocycles. The summed E-state index contributed by atoms with van der Waals surface area (Å²) in [5.74, 6) is -0.116. The number of anilines is 1. The largest absolute Gasteiger partial charge is 0.339 e. The Kier molecular flexibility index (Phi) is 4.22. The summed E-state index contributed by atoms with van der Waals surface area (Å²) in [6.45, 7) is 2.27. The minimum atomic E-state index is -0.0873. The van der Waals surface area contributed by atoms with Crippen molar-refractivity contribution in [1.82, 2.24) is 9.88 Å². The van der Waals surface area contributed by atoms with Crippen LogP contribution in [-0.2, 0) is 6.42 Å². The van der Waals surface area contributed by atoms with Crippen LogP contribution in [0.5, 0.6) is 0 Å². The maximum atomic E-state index is 13.0. The zero-order valence-corrected chi connectivity index (χ0v) is 14.1. The molecule has 0 bridgehead atoms. The minimum Gasteiger partial charge on any atom is -0.339 e. The van der Waals surface area contributed by atoms with Crippen LogP contribution in [0.15, 0.2) is 42.7 Å². The molecule has 1 saturated heterocycles. The van der Waals surface area contributed by atoms with Crippen LogP contribution in [0.25, 0.3) is 0 Å². The molecule has 0 spiro atoms. The SMILES string of the molecule is O=C(c1cncc(C(=O)N2CCCc3ccccc32)c1)N1CCCC1. The van der Waals surface area contributed by atoms with E-state index in [2.05, 4.69) is 11.1 Å². The Bertz CT molecular complexity index is 812. The predicted octanol–water partition coefficient (Wildman–Crippen LogP) is 2.91. The first-order valence-corrected chi connectivity index (χ1v) is 8.88. The molecular formula is C20H21N3O2. The lowest BCUT2D eigenvalue weighted by atomic mass is 10.0. The highest BCUT2D eigenvalue weighted by molar-refractivity contribution is 6.08. The van der Waals surface area contributed by atoms with E-state index in [-0.39, 0.29) is 11.8 Å². The monoisotopic (exact) mass is 335 g/mol. The maximum absolute atomic E-state index is 13.0. The smallest absolute Gasteiger partial charge is 0.259 e. The lowest BCUT2D eigenvalue weighted by Crippen LogP contribution is -2.35. The summed E-state index contributed by atoms with van der Waals surface area (Å²) in [6.07, 6.45) is 7.14. The highest BCUT2D eigenvalue weighted by atomic mass is 16.2. The number of rotatable bonds is 2. The zero-order valence-electron chi connectivity index (χ0n) is 14.1. The molecule has 3 heterocycles. The van der Waals surface area contributed by atoms with Crippen molar-refractivity contribution < 1.29 is 9.59 Å². The average molecular weight is 335 g/mol. The minimum absolute atomic E-state index is 0.0290. The van der Waals surface area contributed by atoms with Crippen molar-refractivity contribution in [2.75, 3.05) is 24.5 Å². The van der Waals surface area contributed by atoms with Crippen molar-refractivity contribution in [1.29, 1.82) is 0 Å². The fraction of sp³-hybridized carbons (Fsp3) is 0.350. The fourth-order valence-corrected chi connectivity index (χ4v) is 3.68. The van der Waals surface area contributed by atoms with E-state index >= 15 is 0 Å². The van der Waals surface area contributed by atoms with Gasteiger partial charge in [-0.3, -0.25) is 14.6 Å². The van der Waals surface area contributed by atoms with Crippen molar-refractivity contribution in [2.45, 2.75) is 25.7 Å². The second-order valence-electron chi connectivity index (χ2n) is 6.65. The molecule has 5 heteroatoms. The van der Waals surface area contributed by atoms with E-state index in [1.54, 1.807) is 23.4 Å². The van der Waals surface area contributed by atoms with Crippen molar-refractivity contribution >= 4 is 17.5 Å². The summed E-state index contributed by atoms with van der Waals surface area (Å²) in [5, 5.41) is 0. The molecule has 1 aromatic heterocycles. The van der Waals surface area contributed by atoms with Crippen LogP contribution in [0.1, 0.15) is 45.5 Å². The number of aryl methyl sites for hydroxylation is 1. The number of likely N-dealkylation sites (tertiary alicyclic amines) is 1. The van der Waals surface area contributed by atoms with Gasteiger partial charge in [-0.25, -0.2) is 0 Å². The van der Waals surface area contributed by atoms with Gasteiger partial charge in [0, 0.05) is 37.7 Å². The number of hydrogen-bond donors (Lipinski definition) is 0. The Balaban J connectivity index is 1.61. The molecular weight excluding hydrogens is 314 g/mol. The summed E-state index contributed by atoms with van der Waals surface area (Å²) in [5.41, 5.74) is 3.13. The summed E-state index contributed by atoms with van der Waals surface area (Å²) in [7, 11) is 0. The molecule has 0 atom stereocenters. The molecule has 25 heavy (non-hydrogen) atoms. The van der Waals surface area contributed by atoms with Gasteiger partial charge in [-0.2, -0.15) is 0 Å². The highest BCUT2D eigenvalue weighted by Gasteiger charge is 2.25. The molecule has 2 aliphatic heterocycles. The first kappa shape index (κ1) is 15.8. The average Bonchev–Trinajstić information content (AvgIpc) is 3.21. The molecule has 4 rings (SSSR count). The molecule has 0 saturated carbocycles. The Labute approximate surface area is 147 Å². The standard InChI is InChI=1S/C20H21N3O2/c24-19(22-9-3-4-10-22)16-12-17(14-21-13-16)20(25)23-11-5-7-15-6-1-2-8-18(15)23/h1-2,6,8,12-14H,3-5,7,9-11H2. The van der Waals surface area contributed by atoms with Crippen molar-refractivity contribution in [3.05, 3.63) is 59.4 Å². The van der Waals surface area contributed by atoms with E-state index in [4.69, 9.17) is 0 Å². The molecule has 128 valence electrons. The quantitative estimate of drug-likeness (QED) is 0.848. The summed E-state index contributed by atoms with van der Waals surface area (Å²) < 4.78 is 0. The van der Waals surface area contributed by atoms with Crippen LogP contribution in [0.4, 0.5) is 5.69 Å². The Hall–Kier alpha value is -2.69. The maximum Gasteiger partial charge on any atom is 0.259 e. The number of para-hydroxylation sites is 1. The van der Waals surface area contributed by atoms with Gasteiger partial charge >= 0.3 is 0 Å². The van der Waals surface area contributed by atoms with Crippen LogP contribution >= 0.6 is 0 Å². The topological polar surface area (TPSA) is 53.5 Å². The van der Waals surface area contributed by atoms with Crippen LogP contribution < -0.4 is 4.90 Å². The molecule has 2 aliphatic rings. The van der Waals surface area contributed by atoms with Gasteiger partial charge in [0.05, 0.1) is 11.1 Å². The normalized spacial score (nSPS) is 16.6. The van der Waals surface area contributed by atoms with E-state index in [1.807, 2.05) is 23.1 Å². The molecule has 0 unspecified atom stereocenters. The van der Waals surface area contributed by atoms with Crippen LogP contribution in [0.3, 0.4) is 0 Å². The van der Waals surface area contributed by atoms with Crippen LogP contribution in [-0.4, -0.2) is 41.3 Å². The summed E-state index contributed by atoms with van der Waals surface area (Å²) in [6, 6.07) is 9.70. The van der Waals surface area contributed by atoms with Crippen molar-refractivity contribution in [3.63, 3.8) is 0 Å². The molecule has 2 amide bonds. The third-order valence-corrected chi connectivity index (χ3v) is 4.98. The zero-order chi connectivity index (χ0) is 17.2. The van der Waals surface area contributed by atoms with Crippen molar-refractivity contribution in [2.24, 2.45) is 0 Å². The Morgan fingerprint density at radius 3 is 2.40 bits per heavy atom. The molecule has 0 N–H and O–H groups in total. The fourth-order valence-electron chi connectivity index (χ4n) is 3.68. The third-order valence-electron chi connectivity index (χ3n) is 4.98. The Morgan fingerprint density at radius 2 is 1.60 bits per heavy atom. The summed E-state index contributed by atoms with van der Waals surface area (Å²) >= 11 is 0. The van der Waals surface area contributed by atoms with Gasteiger partial charge in [-0.1, -0.05) is 18.2 Å². The van der Waals surface area contributed by atoms with Gasteiger partial charge in [0.1, 0.15) is 0 Å². The van der Waals surface area contributed by atoms with Gasteiger partial charge in [0.2, 0.25) is 0 Å². The second-order valence-corrected chi connectivity index (χ2v) is 6.65. The van der Waals surface area contributed by atoms with E-state index in [9.17, 15) is 9.59 Å². The lowest BCUT2D eigenvalue weighted by Gasteiger charge is -2.29. The predicted molar refractivity (Wildman–Crippen MR) is 95.8 cm³/mol. The number of aromatic nitrogens is 1. The number of amides is 2. The Morgan fingerprint density at radius 1 is 0.880 bits per heavy atom. The molecule has 0 aliphatic carbocycles. The summed E-state index contributed by atoms with van der Waals surface area (Å²) in [4.78, 5) is 33.4. The van der Waals surface area contributed by atoms with Crippen LogP contribution in [0, 0.1) is 0 Å². The third kappa shape index (κ3) is 3.02. The molecule has 1 fully saturated rings. The molecule has 5 nitrogen and oxygen atoms in total. The number of nitrogens with zero attached hydrogens (tertiary/aromatic N) is 3. The first-order chi connectivity index (χ1) is 12.2. The van der Waals surface area contributed by atoms with Gasteiger partial charge in [0.25, 0.3) is 11.8 Å². The van der Waals surface area contributed by atoms with E-state index in [0.717, 1.165) is 44.5 Å². The molecule has 2 aromatic rings. The number of carbonyl (C=O) groups excluding carboxylic acids is 2. The van der Waals surface area contributed by atoms with E-state index in [0.29, 0.717) is 17.7 Å². The number of fused-ring (bicyclic) bond motifs is 1. The van der Waals surface area contributed by atoms with Crippen LogP contribution in [0.2, 0.25) is 0 Å². The van der Waals surface area contributed by atoms with Gasteiger partial charge < -0.3 is 9.80 Å². The van der Waals surface area contributed by atoms with Gasteiger partial charge in [0.15, 0.2) is 0 Å². The second kappa shape index (κ2) is 6.67. The first-order valence-electron chi connectivity index (χ1n) is 8.88. The number of pyridine rings is 1. The van der Waals surface area contributed by atoms with E-state index < -0.39 is 0 Å². The lowest BCUT2D eigenvalue weighted by molar-refractivity contribution is 0.0792. The van der Waals surface area contributed by atoms with Gasteiger partial charge in [-0.05, 0) is 43.4 Å².